The fraction of sp³-hybridized carbons (Fsp3) is 0.610. The van der Waals surface area contributed by atoms with Gasteiger partial charge in [-0.15, -0.1) is 0 Å². The standard InChI is InChI=1S/C41H65O9P/c1-3-5-7-9-11-13-14-15-16-17-18-20-22-24-29-33-40(42)47-35-37(36-48-51(44,45)46)49-41(43)34-30-26-25-28-32-39-38(50-39)31-27-23-21-19-12-10-8-6-4-2/h5,7,11-13,15-16,18-20,23,25,27-28,37-39H,3-4,6,8-10,14,17,21-22,24,26,29-36H2,1-2H3,(H2,44,45,46)/b7-5-,13-11-,16-15-,19-12-,20-18-,27-23-,28-25-/t37-,38?,39?/m1/s1. The molecule has 10 heteroatoms. The Balaban J connectivity index is 2.19. The second-order valence-electron chi connectivity index (χ2n) is 12.6. The quantitative estimate of drug-likeness (QED) is 0.0228. The van der Waals surface area contributed by atoms with Gasteiger partial charge in [-0.2, -0.15) is 0 Å². The number of unbranched alkanes of at least 4 members (excludes halogenated alkanes) is 6. The van der Waals surface area contributed by atoms with Crippen molar-refractivity contribution < 1.29 is 42.7 Å². The Bertz CT molecular complexity index is 1160. The van der Waals surface area contributed by atoms with Crippen LogP contribution in [0.25, 0.3) is 0 Å². The Morgan fingerprint density at radius 3 is 1.71 bits per heavy atom. The lowest BCUT2D eigenvalue weighted by atomic mass is 10.1. The van der Waals surface area contributed by atoms with Crippen molar-refractivity contribution in [3.05, 3.63) is 85.1 Å². The van der Waals surface area contributed by atoms with Gasteiger partial charge in [0.25, 0.3) is 0 Å². The van der Waals surface area contributed by atoms with Crippen LogP contribution in [-0.4, -0.2) is 53.3 Å². The average Bonchev–Trinajstić information content (AvgIpc) is 3.85. The minimum absolute atomic E-state index is 0.113. The maximum atomic E-state index is 12.4. The lowest BCUT2D eigenvalue weighted by Crippen LogP contribution is -2.29. The fourth-order valence-electron chi connectivity index (χ4n) is 4.87. The van der Waals surface area contributed by atoms with Crippen LogP contribution < -0.4 is 0 Å². The number of carbonyl (C=O) groups excluding carboxylic acids is 2. The van der Waals surface area contributed by atoms with Crippen molar-refractivity contribution in [2.45, 2.75) is 148 Å². The number of carbonyl (C=O) groups is 2. The van der Waals surface area contributed by atoms with E-state index in [0.29, 0.717) is 19.3 Å². The van der Waals surface area contributed by atoms with E-state index in [1.165, 1.54) is 19.3 Å². The van der Waals surface area contributed by atoms with Gasteiger partial charge < -0.3 is 24.0 Å². The first-order chi connectivity index (χ1) is 24.7. The molecule has 3 atom stereocenters. The van der Waals surface area contributed by atoms with E-state index in [0.717, 1.165) is 64.2 Å². The van der Waals surface area contributed by atoms with E-state index in [-0.39, 0.29) is 31.7 Å². The van der Waals surface area contributed by atoms with Gasteiger partial charge in [-0.3, -0.25) is 14.1 Å². The summed E-state index contributed by atoms with van der Waals surface area (Å²) >= 11 is 0. The number of ether oxygens (including phenoxy) is 3. The van der Waals surface area contributed by atoms with Gasteiger partial charge in [0, 0.05) is 12.8 Å². The normalized spacial score (nSPS) is 17.4. The molecular formula is C41H65O9P. The molecule has 0 radical (unpaired) electrons. The SMILES string of the molecule is CC/C=C\C/C=C\C/C=C\C/C=C\CCCCC(=O)OC[C@H](COP(=O)(O)O)OC(=O)CCC/C=C\CC1OC1C/C=C\C/C=C\CCCCC. The molecule has 0 spiro atoms. The van der Waals surface area contributed by atoms with Crippen molar-refractivity contribution >= 4 is 19.8 Å². The molecule has 0 aliphatic carbocycles. The third kappa shape index (κ3) is 31.6. The summed E-state index contributed by atoms with van der Waals surface area (Å²) in [5, 5.41) is 0. The Labute approximate surface area is 307 Å². The number of phosphoric ester groups is 1. The number of phosphoric acid groups is 1. The Morgan fingerprint density at radius 2 is 1.12 bits per heavy atom. The van der Waals surface area contributed by atoms with E-state index in [2.05, 4.69) is 97.4 Å². The molecule has 288 valence electrons. The molecule has 51 heavy (non-hydrogen) atoms. The van der Waals surface area contributed by atoms with E-state index < -0.39 is 32.5 Å². The maximum absolute atomic E-state index is 12.4. The van der Waals surface area contributed by atoms with Gasteiger partial charge in [0.15, 0.2) is 6.10 Å². The van der Waals surface area contributed by atoms with Gasteiger partial charge in [0.05, 0.1) is 18.8 Å². The van der Waals surface area contributed by atoms with Crippen molar-refractivity contribution in [2.75, 3.05) is 13.2 Å². The Hall–Kier alpha value is -2.81. The first-order valence-corrected chi connectivity index (χ1v) is 20.5. The molecule has 0 saturated carbocycles. The molecule has 2 N–H and O–H groups in total. The zero-order chi connectivity index (χ0) is 37.3. The predicted molar refractivity (Wildman–Crippen MR) is 206 cm³/mol. The van der Waals surface area contributed by atoms with E-state index in [9.17, 15) is 14.2 Å². The molecule has 0 aromatic heterocycles. The summed E-state index contributed by atoms with van der Waals surface area (Å²) in [6, 6.07) is 0. The van der Waals surface area contributed by atoms with Crippen LogP contribution in [0.1, 0.15) is 129 Å². The van der Waals surface area contributed by atoms with Gasteiger partial charge >= 0.3 is 19.8 Å². The molecule has 1 aliphatic rings. The van der Waals surface area contributed by atoms with Gasteiger partial charge in [-0.05, 0) is 89.9 Å². The van der Waals surface area contributed by atoms with Crippen LogP contribution in [0.3, 0.4) is 0 Å². The third-order valence-electron chi connectivity index (χ3n) is 7.80. The first-order valence-electron chi connectivity index (χ1n) is 19.0. The number of allylic oxidation sites excluding steroid dienone is 12. The van der Waals surface area contributed by atoms with E-state index in [4.69, 9.17) is 24.0 Å². The minimum atomic E-state index is -4.79. The number of esters is 2. The van der Waals surface area contributed by atoms with E-state index >= 15 is 0 Å². The van der Waals surface area contributed by atoms with Crippen LogP contribution in [0.2, 0.25) is 0 Å². The van der Waals surface area contributed by atoms with Gasteiger partial charge in [0.2, 0.25) is 0 Å². The molecule has 1 saturated heterocycles. The number of rotatable bonds is 32. The summed E-state index contributed by atoms with van der Waals surface area (Å²) in [5.41, 5.74) is 0. The molecule has 2 unspecified atom stereocenters. The van der Waals surface area contributed by atoms with Crippen molar-refractivity contribution in [3.8, 4) is 0 Å². The zero-order valence-corrected chi connectivity index (χ0v) is 32.1. The highest BCUT2D eigenvalue weighted by atomic mass is 31.2. The highest BCUT2D eigenvalue weighted by molar-refractivity contribution is 7.46. The lowest BCUT2D eigenvalue weighted by molar-refractivity contribution is -0.161. The molecule has 1 rings (SSSR count). The van der Waals surface area contributed by atoms with Crippen LogP contribution in [0, 0.1) is 0 Å². The summed E-state index contributed by atoms with van der Waals surface area (Å²) in [7, 11) is -4.79. The second kappa shape index (κ2) is 31.9. The number of hydrogen-bond acceptors (Lipinski definition) is 7. The zero-order valence-electron chi connectivity index (χ0n) is 31.2. The highest BCUT2D eigenvalue weighted by Crippen LogP contribution is 2.36. The van der Waals surface area contributed by atoms with Gasteiger partial charge in [0.1, 0.15) is 6.61 Å². The number of epoxide rings is 1. The average molecular weight is 733 g/mol. The van der Waals surface area contributed by atoms with Crippen molar-refractivity contribution in [2.24, 2.45) is 0 Å². The largest absolute Gasteiger partial charge is 0.469 e. The molecule has 1 aliphatic heterocycles. The molecule has 1 fully saturated rings. The van der Waals surface area contributed by atoms with E-state index in [1.54, 1.807) is 0 Å². The summed E-state index contributed by atoms with van der Waals surface area (Å²) in [4.78, 5) is 42.8. The summed E-state index contributed by atoms with van der Waals surface area (Å²) in [6.07, 6.45) is 44.8. The molecule has 0 bridgehead atoms. The maximum Gasteiger partial charge on any atom is 0.469 e. The monoisotopic (exact) mass is 732 g/mol. The highest BCUT2D eigenvalue weighted by Gasteiger charge is 2.36. The summed E-state index contributed by atoms with van der Waals surface area (Å²) < 4.78 is 32.0. The van der Waals surface area contributed by atoms with Crippen LogP contribution in [-0.2, 0) is 32.9 Å². The third-order valence-corrected chi connectivity index (χ3v) is 8.29. The topological polar surface area (TPSA) is 132 Å². The number of hydrogen-bond donors (Lipinski definition) is 2. The lowest BCUT2D eigenvalue weighted by Gasteiger charge is -2.18. The first kappa shape index (κ1) is 46.2. The summed E-state index contributed by atoms with van der Waals surface area (Å²) in [6.45, 7) is 3.42. The molecule has 0 amide bonds. The molecule has 0 aromatic rings. The molecular weight excluding hydrogens is 667 g/mol. The summed E-state index contributed by atoms with van der Waals surface area (Å²) in [5.74, 6) is -1.02. The Kier molecular flexibility index (Phi) is 28.9. The smallest absolute Gasteiger partial charge is 0.462 e. The Morgan fingerprint density at radius 1 is 0.627 bits per heavy atom. The van der Waals surface area contributed by atoms with Crippen molar-refractivity contribution in [1.82, 2.24) is 0 Å². The van der Waals surface area contributed by atoms with Crippen LogP contribution in [0.5, 0.6) is 0 Å². The van der Waals surface area contributed by atoms with Crippen molar-refractivity contribution in [3.63, 3.8) is 0 Å². The van der Waals surface area contributed by atoms with Gasteiger partial charge in [-0.25, -0.2) is 4.57 Å². The minimum Gasteiger partial charge on any atom is -0.462 e. The van der Waals surface area contributed by atoms with Crippen LogP contribution in [0.4, 0.5) is 0 Å². The molecule has 1 heterocycles. The van der Waals surface area contributed by atoms with Crippen LogP contribution >= 0.6 is 7.82 Å². The second-order valence-corrected chi connectivity index (χ2v) is 13.8. The van der Waals surface area contributed by atoms with Gasteiger partial charge in [-0.1, -0.05) is 112 Å². The molecule has 9 nitrogen and oxygen atoms in total. The molecule has 0 aromatic carbocycles. The van der Waals surface area contributed by atoms with Crippen LogP contribution in [0.15, 0.2) is 85.1 Å². The van der Waals surface area contributed by atoms with Crippen molar-refractivity contribution in [1.29, 1.82) is 0 Å². The van der Waals surface area contributed by atoms with E-state index in [1.807, 2.05) is 6.08 Å². The predicted octanol–water partition coefficient (Wildman–Crippen LogP) is 10.3. The fourth-order valence-corrected chi connectivity index (χ4v) is 5.23.